The summed E-state index contributed by atoms with van der Waals surface area (Å²) >= 11 is 0.711. The van der Waals surface area contributed by atoms with Crippen molar-refractivity contribution >= 4 is 22.4 Å². The molecule has 0 spiro atoms. The van der Waals surface area contributed by atoms with Crippen LogP contribution in [0, 0.1) is 0 Å². The second kappa shape index (κ2) is 5.48. The van der Waals surface area contributed by atoms with Crippen LogP contribution in [0.15, 0.2) is 30.3 Å². The number of rotatable bonds is 4. The molecule has 1 aromatic carbocycles. The summed E-state index contributed by atoms with van der Waals surface area (Å²) in [5, 5.41) is 9.34. The number of nitrogens with zero attached hydrogens (tertiary/aromatic N) is 2. The molecule has 3 rings (SSSR count). The molecule has 110 valence electrons. The fourth-order valence-electron chi connectivity index (χ4n) is 2.52. The Kier molecular flexibility index (Phi) is 3.67. The van der Waals surface area contributed by atoms with E-state index in [-0.39, 0.29) is 16.0 Å². The molecule has 21 heavy (non-hydrogen) atoms. The number of halogens is 2. The second-order valence-electron chi connectivity index (χ2n) is 5.00. The maximum absolute atomic E-state index is 12.5. The number of nitrogens with one attached hydrogen (secondary N) is 1. The van der Waals surface area contributed by atoms with Gasteiger partial charge in [-0.1, -0.05) is 48.1 Å². The number of anilines is 1. The zero-order valence-corrected chi connectivity index (χ0v) is 11.9. The minimum atomic E-state index is -2.67. The Morgan fingerprint density at radius 3 is 2.48 bits per heavy atom. The predicted molar refractivity (Wildman–Crippen MR) is 75.5 cm³/mol. The maximum Gasteiger partial charge on any atom is 0.291 e. The van der Waals surface area contributed by atoms with Gasteiger partial charge in [-0.2, -0.15) is 0 Å². The van der Waals surface area contributed by atoms with E-state index in [1.165, 1.54) is 0 Å². The van der Waals surface area contributed by atoms with Crippen LogP contribution in [-0.4, -0.2) is 16.1 Å². The monoisotopic (exact) mass is 309 g/mol. The topological polar surface area (TPSA) is 54.9 Å². The first-order valence-corrected chi connectivity index (χ1v) is 7.42. The Morgan fingerprint density at radius 1 is 1.24 bits per heavy atom. The lowest BCUT2D eigenvalue weighted by atomic mass is 9.64. The number of carbonyl (C=O) groups is 1. The van der Waals surface area contributed by atoms with E-state index >= 15 is 0 Å². The lowest BCUT2D eigenvalue weighted by molar-refractivity contribution is -0.124. The zero-order chi connectivity index (χ0) is 14.9. The summed E-state index contributed by atoms with van der Waals surface area (Å²) in [7, 11) is 0. The van der Waals surface area contributed by atoms with Gasteiger partial charge in [-0.05, 0) is 18.4 Å². The van der Waals surface area contributed by atoms with E-state index in [2.05, 4.69) is 15.5 Å². The van der Waals surface area contributed by atoms with E-state index in [1.807, 2.05) is 30.3 Å². The molecule has 0 radical (unpaired) electrons. The standard InChI is InChI=1S/C14H13F2N3OS/c15-10(16)11-18-19-13(21-11)17-12(20)14(7-4-8-14)9-5-2-1-3-6-9/h1-3,5-6,10H,4,7-8H2,(H,17,19,20). The molecule has 1 fully saturated rings. The Balaban J connectivity index is 1.80. The molecule has 0 saturated heterocycles. The zero-order valence-electron chi connectivity index (χ0n) is 11.1. The number of carbonyl (C=O) groups excluding carboxylic acids is 1. The molecule has 4 nitrogen and oxygen atoms in total. The van der Waals surface area contributed by atoms with Crippen molar-refractivity contribution < 1.29 is 13.6 Å². The molecule has 1 aliphatic rings. The molecule has 0 unspecified atom stereocenters. The highest BCUT2D eigenvalue weighted by Crippen LogP contribution is 2.44. The average molecular weight is 309 g/mol. The van der Waals surface area contributed by atoms with Gasteiger partial charge < -0.3 is 0 Å². The van der Waals surface area contributed by atoms with Crippen molar-refractivity contribution in [1.82, 2.24) is 10.2 Å². The molecule has 1 N–H and O–H groups in total. The third-order valence-corrected chi connectivity index (χ3v) is 4.66. The van der Waals surface area contributed by atoms with E-state index in [0.29, 0.717) is 11.3 Å². The molecular formula is C14H13F2N3OS. The molecule has 7 heteroatoms. The lowest BCUT2D eigenvalue weighted by Gasteiger charge is -2.40. The van der Waals surface area contributed by atoms with E-state index in [1.54, 1.807) is 0 Å². The summed E-state index contributed by atoms with van der Waals surface area (Å²) in [6.07, 6.45) is -0.187. The van der Waals surface area contributed by atoms with E-state index in [0.717, 1.165) is 24.8 Å². The molecule has 2 aromatic rings. The van der Waals surface area contributed by atoms with E-state index in [4.69, 9.17) is 0 Å². The van der Waals surface area contributed by atoms with E-state index in [9.17, 15) is 13.6 Å². The van der Waals surface area contributed by atoms with Gasteiger partial charge in [0.05, 0.1) is 5.41 Å². The lowest BCUT2D eigenvalue weighted by Crippen LogP contribution is -2.45. The predicted octanol–water partition coefficient (Wildman–Crippen LogP) is 3.54. The van der Waals surface area contributed by atoms with Crippen LogP contribution in [0.4, 0.5) is 13.9 Å². The van der Waals surface area contributed by atoms with Gasteiger partial charge in [-0.25, -0.2) is 8.78 Å². The van der Waals surface area contributed by atoms with Crippen LogP contribution in [0.1, 0.15) is 36.3 Å². The van der Waals surface area contributed by atoms with Crippen molar-refractivity contribution in [2.24, 2.45) is 0 Å². The Bertz CT molecular complexity index is 641. The summed E-state index contributed by atoms with van der Waals surface area (Å²) in [6.45, 7) is 0. The van der Waals surface area contributed by atoms with Crippen LogP contribution in [-0.2, 0) is 10.2 Å². The van der Waals surface area contributed by atoms with Gasteiger partial charge in [-0.15, -0.1) is 10.2 Å². The fraction of sp³-hybridized carbons (Fsp3) is 0.357. The quantitative estimate of drug-likeness (QED) is 0.940. The molecule has 1 heterocycles. The van der Waals surface area contributed by atoms with Gasteiger partial charge >= 0.3 is 0 Å². The van der Waals surface area contributed by atoms with E-state index < -0.39 is 11.8 Å². The minimum Gasteiger partial charge on any atom is -0.300 e. The van der Waals surface area contributed by atoms with Crippen molar-refractivity contribution in [3.8, 4) is 0 Å². The summed E-state index contributed by atoms with van der Waals surface area (Å²) in [4.78, 5) is 12.5. The number of alkyl halides is 2. The largest absolute Gasteiger partial charge is 0.300 e. The minimum absolute atomic E-state index is 0.123. The number of hydrogen-bond donors (Lipinski definition) is 1. The van der Waals surface area contributed by atoms with Crippen molar-refractivity contribution in [1.29, 1.82) is 0 Å². The summed E-state index contributed by atoms with van der Waals surface area (Å²) < 4.78 is 25.0. The van der Waals surface area contributed by atoms with Gasteiger partial charge in [0.2, 0.25) is 11.0 Å². The first-order valence-electron chi connectivity index (χ1n) is 6.60. The molecular weight excluding hydrogens is 296 g/mol. The highest BCUT2D eigenvalue weighted by atomic mass is 32.1. The van der Waals surface area contributed by atoms with Crippen molar-refractivity contribution in [2.75, 3.05) is 5.32 Å². The normalized spacial score (nSPS) is 16.5. The van der Waals surface area contributed by atoms with Gasteiger partial charge in [-0.3, -0.25) is 10.1 Å². The molecule has 1 saturated carbocycles. The van der Waals surface area contributed by atoms with Crippen LogP contribution in [0.5, 0.6) is 0 Å². The van der Waals surface area contributed by atoms with Crippen LogP contribution in [0.2, 0.25) is 0 Å². The van der Waals surface area contributed by atoms with Gasteiger partial charge in [0.25, 0.3) is 6.43 Å². The van der Waals surface area contributed by atoms with Crippen LogP contribution < -0.4 is 5.32 Å². The first-order chi connectivity index (χ1) is 10.1. The first kappa shape index (κ1) is 14.1. The number of amides is 1. The van der Waals surface area contributed by atoms with Crippen molar-refractivity contribution in [3.63, 3.8) is 0 Å². The van der Waals surface area contributed by atoms with Gasteiger partial charge in [0, 0.05) is 0 Å². The number of benzene rings is 1. The van der Waals surface area contributed by atoms with Crippen LogP contribution in [0.25, 0.3) is 0 Å². The van der Waals surface area contributed by atoms with Crippen LogP contribution >= 0.6 is 11.3 Å². The second-order valence-corrected chi connectivity index (χ2v) is 6.01. The third-order valence-electron chi connectivity index (χ3n) is 3.82. The highest BCUT2D eigenvalue weighted by Gasteiger charge is 2.45. The smallest absolute Gasteiger partial charge is 0.291 e. The highest BCUT2D eigenvalue weighted by molar-refractivity contribution is 7.15. The maximum atomic E-state index is 12.5. The molecule has 0 atom stereocenters. The third kappa shape index (κ3) is 2.53. The molecule has 1 amide bonds. The average Bonchev–Trinajstić information content (AvgIpc) is 2.87. The Labute approximate surface area is 124 Å². The molecule has 0 aliphatic heterocycles. The van der Waals surface area contributed by atoms with Gasteiger partial charge in [0.15, 0.2) is 5.01 Å². The summed E-state index contributed by atoms with van der Waals surface area (Å²) in [5.41, 5.74) is 0.380. The molecule has 0 bridgehead atoms. The number of hydrogen-bond acceptors (Lipinski definition) is 4. The SMILES string of the molecule is O=C(Nc1nnc(C(F)F)s1)C1(c2ccccc2)CCC1. The molecule has 1 aromatic heterocycles. The fourth-order valence-corrected chi connectivity index (χ4v) is 3.12. The Hall–Kier alpha value is -1.89. The number of aromatic nitrogens is 2. The van der Waals surface area contributed by atoms with Crippen LogP contribution in [0.3, 0.4) is 0 Å². The van der Waals surface area contributed by atoms with Crippen molar-refractivity contribution in [2.45, 2.75) is 31.1 Å². The van der Waals surface area contributed by atoms with Gasteiger partial charge in [0.1, 0.15) is 0 Å². The Morgan fingerprint density at radius 2 is 1.95 bits per heavy atom. The van der Waals surface area contributed by atoms with Crippen molar-refractivity contribution in [3.05, 3.63) is 40.9 Å². The summed E-state index contributed by atoms with van der Waals surface area (Å²) in [5.74, 6) is -0.197. The summed E-state index contributed by atoms with van der Waals surface area (Å²) in [6, 6.07) is 9.52. The molecule has 1 aliphatic carbocycles.